The van der Waals surface area contributed by atoms with Gasteiger partial charge in [0.1, 0.15) is 0 Å². The van der Waals surface area contributed by atoms with Crippen molar-refractivity contribution in [1.29, 1.82) is 5.26 Å². The van der Waals surface area contributed by atoms with Crippen LogP contribution in [0.3, 0.4) is 0 Å². The lowest BCUT2D eigenvalue weighted by molar-refractivity contribution is 0.0975. The van der Waals surface area contributed by atoms with Gasteiger partial charge >= 0.3 is 6.09 Å². The molecule has 2 heterocycles. The van der Waals surface area contributed by atoms with Crippen LogP contribution in [-0.2, 0) is 16.4 Å². The van der Waals surface area contributed by atoms with E-state index in [2.05, 4.69) is 16.0 Å². The summed E-state index contributed by atoms with van der Waals surface area (Å²) in [6, 6.07) is 12.8. The number of likely N-dealkylation sites (tertiary alicyclic amines) is 1. The van der Waals surface area contributed by atoms with Crippen LogP contribution in [0.5, 0.6) is 0 Å². The van der Waals surface area contributed by atoms with E-state index in [1.807, 2.05) is 12.1 Å². The van der Waals surface area contributed by atoms with Gasteiger partial charge in [0.05, 0.1) is 23.2 Å². The fourth-order valence-electron chi connectivity index (χ4n) is 3.62. The third kappa shape index (κ3) is 5.34. The molecule has 9 heteroatoms. The highest BCUT2D eigenvalue weighted by Gasteiger charge is 2.26. The molecular weight excluding hydrogens is 404 g/mol. The quantitative estimate of drug-likeness (QED) is 0.703. The lowest BCUT2D eigenvalue weighted by atomic mass is 10.0. The second-order valence-corrected chi connectivity index (χ2v) is 9.43. The molecule has 0 bridgehead atoms. The Kier molecular flexibility index (Phi) is 6.70. The lowest BCUT2D eigenvalue weighted by Crippen LogP contribution is -2.46. The number of carbonyl (C=O) groups is 1. The minimum absolute atomic E-state index is 0.156. The van der Waals surface area contributed by atoms with Crippen molar-refractivity contribution in [3.8, 4) is 17.3 Å². The number of rotatable bonds is 6. The summed E-state index contributed by atoms with van der Waals surface area (Å²) in [5.41, 5.74) is 2.52. The van der Waals surface area contributed by atoms with Crippen LogP contribution in [0.25, 0.3) is 11.3 Å². The molecule has 0 atom stereocenters. The van der Waals surface area contributed by atoms with Gasteiger partial charge in [0.2, 0.25) is 0 Å². The molecule has 1 saturated heterocycles. The second kappa shape index (κ2) is 9.24. The number of aromatic nitrogens is 1. The van der Waals surface area contributed by atoms with Gasteiger partial charge in [-0.2, -0.15) is 5.26 Å². The van der Waals surface area contributed by atoms with Crippen molar-refractivity contribution in [2.75, 3.05) is 25.9 Å². The van der Waals surface area contributed by atoms with Crippen LogP contribution < -0.4 is 0 Å². The number of nitriles is 1. The van der Waals surface area contributed by atoms with Crippen molar-refractivity contribution < 1.29 is 18.3 Å². The van der Waals surface area contributed by atoms with E-state index in [0.29, 0.717) is 32.5 Å². The highest BCUT2D eigenvalue weighted by Crippen LogP contribution is 2.22. The third-order valence-corrected chi connectivity index (χ3v) is 6.44. The Morgan fingerprint density at radius 1 is 1.23 bits per heavy atom. The van der Waals surface area contributed by atoms with E-state index in [9.17, 15) is 18.5 Å². The Bertz CT molecular complexity index is 1020. The molecular formula is C21H24N4O4S. The van der Waals surface area contributed by atoms with Crippen LogP contribution in [0.1, 0.15) is 18.4 Å². The van der Waals surface area contributed by atoms with E-state index in [1.54, 1.807) is 30.5 Å². The number of sulfone groups is 1. The van der Waals surface area contributed by atoms with Crippen molar-refractivity contribution in [1.82, 2.24) is 14.8 Å². The minimum atomic E-state index is -3.23. The molecule has 0 aliphatic carbocycles. The third-order valence-electron chi connectivity index (χ3n) is 5.31. The predicted molar refractivity (Wildman–Crippen MR) is 111 cm³/mol. The number of carboxylic acid groups (broad SMARTS) is 1. The average Bonchev–Trinajstić information content (AvgIpc) is 2.73. The summed E-state index contributed by atoms with van der Waals surface area (Å²) >= 11 is 0. The maximum atomic E-state index is 11.6. The Labute approximate surface area is 176 Å². The Morgan fingerprint density at radius 3 is 2.40 bits per heavy atom. The van der Waals surface area contributed by atoms with Gasteiger partial charge in [-0.1, -0.05) is 18.2 Å². The minimum Gasteiger partial charge on any atom is -0.465 e. The first-order chi connectivity index (χ1) is 14.3. The molecule has 1 aliphatic rings. The first-order valence-corrected chi connectivity index (χ1v) is 11.5. The number of pyridine rings is 1. The van der Waals surface area contributed by atoms with Crippen molar-refractivity contribution >= 4 is 15.9 Å². The molecule has 158 valence electrons. The second-order valence-electron chi connectivity index (χ2n) is 7.41. The van der Waals surface area contributed by atoms with Gasteiger partial charge in [-0.05, 0) is 36.6 Å². The smallest absolute Gasteiger partial charge is 0.407 e. The zero-order valence-electron chi connectivity index (χ0n) is 16.7. The molecule has 0 unspecified atom stereocenters. The van der Waals surface area contributed by atoms with E-state index >= 15 is 0 Å². The largest absolute Gasteiger partial charge is 0.465 e. The summed E-state index contributed by atoms with van der Waals surface area (Å²) in [6.45, 7) is 1.78. The zero-order chi connectivity index (χ0) is 21.7. The summed E-state index contributed by atoms with van der Waals surface area (Å²) in [4.78, 5) is 19.3. The van der Waals surface area contributed by atoms with Gasteiger partial charge in [-0.3, -0.25) is 9.88 Å². The normalized spacial score (nSPS) is 15.2. The van der Waals surface area contributed by atoms with Crippen molar-refractivity contribution in [3.05, 3.63) is 48.2 Å². The molecule has 1 aliphatic heterocycles. The topological polar surface area (TPSA) is 115 Å². The molecule has 3 rings (SSSR count). The molecule has 1 aromatic heterocycles. The summed E-state index contributed by atoms with van der Waals surface area (Å²) in [7, 11) is -3.23. The number of benzene rings is 1. The molecule has 30 heavy (non-hydrogen) atoms. The van der Waals surface area contributed by atoms with Crippen molar-refractivity contribution in [3.63, 3.8) is 0 Å². The molecule has 8 nitrogen and oxygen atoms in total. The molecule has 0 saturated carbocycles. The number of nitrogens with zero attached hydrogens (tertiary/aromatic N) is 4. The standard InChI is InChI=1S/C21H24N4O4S/c1-30(28,29)19-5-3-17(4-6-19)20-7-2-16(14-23-20)15-25(13-10-22)18-8-11-24(12-9-18)21(26)27/h2-7,14,18H,8-9,11-13,15H2,1H3,(H,26,27). The average molecular weight is 429 g/mol. The fraction of sp³-hybridized carbons (Fsp3) is 0.381. The van der Waals surface area contributed by atoms with Crippen LogP contribution >= 0.6 is 0 Å². The fourth-order valence-corrected chi connectivity index (χ4v) is 4.25. The van der Waals surface area contributed by atoms with Crippen LogP contribution in [0.4, 0.5) is 4.79 Å². The monoisotopic (exact) mass is 428 g/mol. The van der Waals surface area contributed by atoms with E-state index in [-0.39, 0.29) is 17.5 Å². The summed E-state index contributed by atoms with van der Waals surface area (Å²) < 4.78 is 23.2. The highest BCUT2D eigenvalue weighted by atomic mass is 32.2. The molecule has 1 fully saturated rings. The van der Waals surface area contributed by atoms with Crippen LogP contribution in [0.2, 0.25) is 0 Å². The van der Waals surface area contributed by atoms with Gasteiger partial charge in [-0.15, -0.1) is 0 Å². The van der Waals surface area contributed by atoms with Gasteiger partial charge in [0.25, 0.3) is 0 Å². The summed E-state index contributed by atoms with van der Waals surface area (Å²) in [5.74, 6) is 0. The molecule has 1 aromatic carbocycles. The predicted octanol–water partition coefficient (Wildman–Crippen LogP) is 2.62. The van der Waals surface area contributed by atoms with Crippen LogP contribution in [-0.4, -0.2) is 66.3 Å². The van der Waals surface area contributed by atoms with Crippen molar-refractivity contribution in [2.24, 2.45) is 0 Å². The number of hydrogen-bond acceptors (Lipinski definition) is 6. The first-order valence-electron chi connectivity index (χ1n) is 9.62. The number of piperidine rings is 1. The van der Waals surface area contributed by atoms with E-state index in [1.165, 1.54) is 11.2 Å². The van der Waals surface area contributed by atoms with Crippen LogP contribution in [0, 0.1) is 11.3 Å². The molecule has 2 aromatic rings. The first kappa shape index (κ1) is 21.7. The maximum Gasteiger partial charge on any atom is 0.407 e. The highest BCUT2D eigenvalue weighted by molar-refractivity contribution is 7.90. The Hall–Kier alpha value is -2.96. The SMILES string of the molecule is CS(=O)(=O)c1ccc(-c2ccc(CN(CC#N)C3CCN(C(=O)O)CC3)cn2)cc1. The van der Waals surface area contributed by atoms with E-state index in [4.69, 9.17) is 5.11 Å². The van der Waals surface area contributed by atoms with E-state index in [0.717, 1.165) is 16.8 Å². The maximum absolute atomic E-state index is 11.6. The van der Waals surface area contributed by atoms with Gasteiger partial charge < -0.3 is 10.0 Å². The summed E-state index contributed by atoms with van der Waals surface area (Å²) in [5, 5.41) is 18.3. The van der Waals surface area contributed by atoms with Gasteiger partial charge in [-0.25, -0.2) is 13.2 Å². The molecule has 1 N–H and O–H groups in total. The Balaban J connectivity index is 1.67. The number of amides is 1. The Morgan fingerprint density at radius 2 is 1.90 bits per heavy atom. The van der Waals surface area contributed by atoms with Gasteiger partial charge in [0.15, 0.2) is 9.84 Å². The molecule has 1 amide bonds. The molecule has 0 spiro atoms. The molecule has 0 radical (unpaired) electrons. The van der Waals surface area contributed by atoms with Crippen molar-refractivity contribution in [2.45, 2.75) is 30.3 Å². The summed E-state index contributed by atoms with van der Waals surface area (Å²) in [6.07, 6.45) is 3.44. The lowest BCUT2D eigenvalue weighted by Gasteiger charge is -2.36. The van der Waals surface area contributed by atoms with Gasteiger partial charge in [0, 0.05) is 43.7 Å². The van der Waals surface area contributed by atoms with Crippen LogP contribution in [0.15, 0.2) is 47.5 Å². The zero-order valence-corrected chi connectivity index (χ0v) is 17.5. The number of hydrogen-bond donors (Lipinski definition) is 1. The van der Waals surface area contributed by atoms with E-state index < -0.39 is 15.9 Å².